The van der Waals surface area contributed by atoms with Crippen LogP contribution in [0.5, 0.6) is 0 Å². The Morgan fingerprint density at radius 1 is 1.50 bits per heavy atom. The van der Waals surface area contributed by atoms with Crippen molar-refractivity contribution >= 4 is 22.8 Å². The first-order valence-electron chi connectivity index (χ1n) is 9.21. The van der Waals surface area contributed by atoms with Crippen molar-refractivity contribution in [2.45, 2.75) is 45.6 Å². The van der Waals surface area contributed by atoms with Gasteiger partial charge in [0, 0.05) is 31.4 Å². The largest absolute Gasteiger partial charge is 0.356 e. The summed E-state index contributed by atoms with van der Waals surface area (Å²) in [5.41, 5.74) is 0.634. The molecule has 0 radical (unpaired) electrons. The van der Waals surface area contributed by atoms with E-state index < -0.39 is 0 Å². The topological polar surface area (TPSA) is 88.9 Å². The lowest BCUT2D eigenvalue weighted by Crippen LogP contribution is -2.67. The highest BCUT2D eigenvalue weighted by Crippen LogP contribution is 2.40. The van der Waals surface area contributed by atoms with E-state index in [1.807, 2.05) is 23.2 Å². The third-order valence-corrected chi connectivity index (χ3v) is 5.68. The van der Waals surface area contributed by atoms with Gasteiger partial charge in [-0.2, -0.15) is 5.26 Å². The van der Waals surface area contributed by atoms with E-state index in [4.69, 9.17) is 5.26 Å². The third-order valence-electron chi connectivity index (χ3n) is 5.68. The predicted molar refractivity (Wildman–Crippen MR) is 101 cm³/mol. The number of hydrogen-bond donors (Lipinski definition) is 1. The molecule has 138 valence electrons. The molecule has 0 saturated carbocycles. The molecule has 1 amide bonds. The van der Waals surface area contributed by atoms with E-state index in [2.05, 4.69) is 40.6 Å². The summed E-state index contributed by atoms with van der Waals surface area (Å²) >= 11 is 0. The molecule has 1 fully saturated rings. The van der Waals surface area contributed by atoms with Gasteiger partial charge in [-0.15, -0.1) is 0 Å². The van der Waals surface area contributed by atoms with Gasteiger partial charge in [0.2, 0.25) is 5.91 Å². The second-order valence-electron chi connectivity index (χ2n) is 7.27. The zero-order chi connectivity index (χ0) is 18.7. The van der Waals surface area contributed by atoms with Crippen molar-refractivity contribution in [2.24, 2.45) is 5.92 Å². The minimum absolute atomic E-state index is 0.0448. The van der Waals surface area contributed by atoms with Crippen LogP contribution in [0.4, 0.5) is 5.82 Å². The van der Waals surface area contributed by atoms with Gasteiger partial charge in [0.25, 0.3) is 0 Å². The molecule has 26 heavy (non-hydrogen) atoms. The van der Waals surface area contributed by atoms with Crippen LogP contribution in [-0.4, -0.2) is 50.9 Å². The molecule has 7 nitrogen and oxygen atoms in total. The summed E-state index contributed by atoms with van der Waals surface area (Å²) in [4.78, 5) is 28.3. The Balaban J connectivity index is 1.78. The van der Waals surface area contributed by atoms with E-state index in [9.17, 15) is 4.79 Å². The van der Waals surface area contributed by atoms with Gasteiger partial charge in [0.15, 0.2) is 0 Å². The number of fused-ring (bicyclic) bond motifs is 1. The van der Waals surface area contributed by atoms with Crippen LogP contribution in [0.25, 0.3) is 11.0 Å². The monoisotopic (exact) mass is 354 g/mol. The average molecular weight is 354 g/mol. The van der Waals surface area contributed by atoms with Crippen molar-refractivity contribution in [1.29, 1.82) is 5.26 Å². The van der Waals surface area contributed by atoms with Gasteiger partial charge in [-0.25, -0.2) is 9.97 Å². The number of carbonyl (C=O) groups is 1. The van der Waals surface area contributed by atoms with Crippen LogP contribution in [0.15, 0.2) is 18.6 Å². The molecule has 0 bridgehead atoms. The van der Waals surface area contributed by atoms with Crippen LogP contribution in [0.1, 0.15) is 40.0 Å². The van der Waals surface area contributed by atoms with Crippen LogP contribution >= 0.6 is 0 Å². The molecule has 1 saturated heterocycles. The molecule has 1 N–H and O–H groups in total. The Hall–Kier alpha value is -2.62. The number of rotatable bonds is 7. The van der Waals surface area contributed by atoms with E-state index in [0.29, 0.717) is 5.92 Å². The molecular formula is C19H26N6O. The lowest BCUT2D eigenvalue weighted by Gasteiger charge is -2.56. The molecule has 2 aromatic heterocycles. The first-order valence-corrected chi connectivity index (χ1v) is 9.21. The van der Waals surface area contributed by atoms with Gasteiger partial charge in [0.05, 0.1) is 11.5 Å². The number of aromatic amines is 1. The number of aromatic nitrogens is 3. The molecule has 2 atom stereocenters. The second-order valence-corrected chi connectivity index (χ2v) is 7.27. The molecule has 2 aromatic rings. The van der Waals surface area contributed by atoms with Crippen LogP contribution < -0.4 is 4.90 Å². The summed E-state index contributed by atoms with van der Waals surface area (Å²) in [6.07, 6.45) is 5.29. The van der Waals surface area contributed by atoms with E-state index in [1.54, 1.807) is 6.33 Å². The van der Waals surface area contributed by atoms with Crippen molar-refractivity contribution in [3.63, 3.8) is 0 Å². The molecule has 1 aliphatic rings. The van der Waals surface area contributed by atoms with Crippen molar-refractivity contribution in [2.75, 3.05) is 24.5 Å². The summed E-state index contributed by atoms with van der Waals surface area (Å²) in [6, 6.07) is 3.98. The Bertz CT molecular complexity index is 825. The minimum Gasteiger partial charge on any atom is -0.356 e. The minimum atomic E-state index is -0.204. The van der Waals surface area contributed by atoms with Crippen LogP contribution in [0.2, 0.25) is 0 Å². The predicted octanol–water partition coefficient (Wildman–Crippen LogP) is 2.72. The maximum absolute atomic E-state index is 12.2. The van der Waals surface area contributed by atoms with E-state index in [0.717, 1.165) is 49.3 Å². The van der Waals surface area contributed by atoms with Gasteiger partial charge < -0.3 is 14.8 Å². The van der Waals surface area contributed by atoms with Crippen molar-refractivity contribution < 1.29 is 4.79 Å². The highest BCUT2D eigenvalue weighted by atomic mass is 16.2. The van der Waals surface area contributed by atoms with Gasteiger partial charge in [-0.05, 0) is 31.7 Å². The normalized spacial score (nSPS) is 22.1. The highest BCUT2D eigenvalue weighted by molar-refractivity contribution is 5.87. The molecule has 7 heteroatoms. The fraction of sp³-hybridized carbons (Fsp3) is 0.579. The summed E-state index contributed by atoms with van der Waals surface area (Å²) in [5.74, 6) is 1.29. The Kier molecular flexibility index (Phi) is 5.12. The summed E-state index contributed by atoms with van der Waals surface area (Å²) in [7, 11) is 0. The van der Waals surface area contributed by atoms with Gasteiger partial charge in [-0.1, -0.05) is 13.8 Å². The number of carbonyl (C=O) groups excluding carboxylic acids is 1. The van der Waals surface area contributed by atoms with Crippen molar-refractivity contribution in [3.05, 3.63) is 18.6 Å². The summed E-state index contributed by atoms with van der Waals surface area (Å²) < 4.78 is 0. The zero-order valence-electron chi connectivity index (χ0n) is 15.7. The summed E-state index contributed by atoms with van der Waals surface area (Å²) in [6.45, 7) is 8.90. The van der Waals surface area contributed by atoms with Gasteiger partial charge in [0.1, 0.15) is 24.2 Å². The third kappa shape index (κ3) is 3.12. The van der Waals surface area contributed by atoms with Crippen LogP contribution in [0.3, 0.4) is 0 Å². The number of likely N-dealkylation sites (tertiary alicyclic amines) is 1. The molecule has 3 heterocycles. The number of nitrogens with zero attached hydrogens (tertiary/aromatic N) is 5. The fourth-order valence-corrected chi connectivity index (χ4v) is 3.83. The van der Waals surface area contributed by atoms with E-state index in [-0.39, 0.29) is 17.9 Å². The van der Waals surface area contributed by atoms with Crippen LogP contribution in [-0.2, 0) is 4.79 Å². The molecule has 1 aliphatic heterocycles. The average Bonchev–Trinajstić information content (AvgIpc) is 3.11. The zero-order valence-corrected chi connectivity index (χ0v) is 15.7. The Labute approximate surface area is 154 Å². The number of nitriles is 1. The van der Waals surface area contributed by atoms with Crippen molar-refractivity contribution in [3.8, 4) is 6.07 Å². The molecular weight excluding hydrogens is 328 g/mol. The maximum Gasteiger partial charge on any atom is 0.237 e. The number of amides is 1. The standard InChI is InChI=1S/C19H26N6O/c1-4-10-24(18-15-6-9-21-17(15)22-13-23-18)11-7-19(3)14(2)12-25(19)16(26)5-8-20/h6,9,13-14H,4-5,7,10-12H2,1-3H3,(H,21,22,23)/t14-,19-/m0/s1. The molecule has 0 unspecified atom stereocenters. The van der Waals surface area contributed by atoms with E-state index in [1.165, 1.54) is 0 Å². The van der Waals surface area contributed by atoms with Gasteiger partial charge >= 0.3 is 0 Å². The molecule has 0 aromatic carbocycles. The first kappa shape index (κ1) is 18.2. The van der Waals surface area contributed by atoms with Crippen LogP contribution in [0, 0.1) is 17.2 Å². The second kappa shape index (κ2) is 7.32. The van der Waals surface area contributed by atoms with Gasteiger partial charge in [-0.3, -0.25) is 4.79 Å². The summed E-state index contributed by atoms with van der Waals surface area (Å²) in [5, 5.41) is 9.85. The molecule has 3 rings (SSSR count). The molecule has 0 aliphatic carbocycles. The quantitative estimate of drug-likeness (QED) is 0.826. The van der Waals surface area contributed by atoms with Crippen molar-refractivity contribution in [1.82, 2.24) is 19.9 Å². The Morgan fingerprint density at radius 3 is 3.00 bits per heavy atom. The highest BCUT2D eigenvalue weighted by Gasteiger charge is 2.49. The number of anilines is 1. The molecule has 0 spiro atoms. The number of hydrogen-bond acceptors (Lipinski definition) is 5. The SMILES string of the molecule is CCCN(CC[C@@]1(C)[C@@H](C)CN1C(=O)CC#N)c1ncnc2[nH]ccc12. The first-order chi connectivity index (χ1) is 12.5. The fourth-order valence-electron chi connectivity index (χ4n) is 3.83. The lowest BCUT2D eigenvalue weighted by molar-refractivity contribution is -0.153. The maximum atomic E-state index is 12.2. The Morgan fingerprint density at radius 2 is 2.31 bits per heavy atom. The smallest absolute Gasteiger partial charge is 0.237 e. The van der Waals surface area contributed by atoms with E-state index >= 15 is 0 Å². The lowest BCUT2D eigenvalue weighted by atomic mass is 9.73. The number of H-pyrrole nitrogens is 1. The number of nitrogens with one attached hydrogen (secondary N) is 1.